The number of carboxylic acid groups (broad SMARTS) is 1. The molecule has 0 unspecified atom stereocenters. The van der Waals surface area contributed by atoms with E-state index in [9.17, 15) is 14.7 Å². The average Bonchev–Trinajstić information content (AvgIpc) is 2.34. The number of hydrogen-bond donors (Lipinski definition) is 2. The highest BCUT2D eigenvalue weighted by molar-refractivity contribution is 5.81. The zero-order valence-corrected chi connectivity index (χ0v) is 10.5. The molecule has 0 aliphatic heterocycles. The molecule has 0 radical (unpaired) electrons. The molecule has 2 N–H and O–H groups in total. The van der Waals surface area contributed by atoms with E-state index in [-0.39, 0.29) is 5.92 Å². The lowest BCUT2D eigenvalue weighted by molar-refractivity contribution is -0.309. The van der Waals surface area contributed by atoms with Crippen LogP contribution < -0.4 is 15.7 Å². The molecule has 5 heteroatoms. The highest BCUT2D eigenvalue weighted by Crippen LogP contribution is 2.01. The molecule has 98 valence electrons. The van der Waals surface area contributed by atoms with Gasteiger partial charge in [-0.3, -0.25) is 0 Å². The van der Waals surface area contributed by atoms with Gasteiger partial charge in [-0.2, -0.15) is 0 Å². The van der Waals surface area contributed by atoms with Crippen molar-refractivity contribution in [2.45, 2.75) is 26.4 Å². The average molecular weight is 249 g/mol. The summed E-state index contributed by atoms with van der Waals surface area (Å²) in [5.41, 5.74) is 0.946. The molecule has 0 saturated heterocycles. The molecule has 0 heterocycles. The smallest absolute Gasteiger partial charge is 0.315 e. The first-order valence-corrected chi connectivity index (χ1v) is 5.80. The first-order valence-electron chi connectivity index (χ1n) is 5.80. The number of amides is 2. The van der Waals surface area contributed by atoms with Gasteiger partial charge in [0.2, 0.25) is 0 Å². The molecule has 0 fully saturated rings. The summed E-state index contributed by atoms with van der Waals surface area (Å²) in [6.45, 7) is 3.76. The van der Waals surface area contributed by atoms with Crippen molar-refractivity contribution in [2.24, 2.45) is 5.92 Å². The SMILES string of the molecule is CC(C)[C@H](NC(=O)NCc1ccccc1)C(=O)[O-]. The van der Waals surface area contributed by atoms with E-state index in [4.69, 9.17) is 0 Å². The van der Waals surface area contributed by atoms with Crippen molar-refractivity contribution in [1.82, 2.24) is 10.6 Å². The van der Waals surface area contributed by atoms with Crippen molar-refractivity contribution in [3.8, 4) is 0 Å². The molecule has 0 saturated carbocycles. The summed E-state index contributed by atoms with van der Waals surface area (Å²) in [6, 6.07) is 7.87. The van der Waals surface area contributed by atoms with Crippen molar-refractivity contribution >= 4 is 12.0 Å². The van der Waals surface area contributed by atoms with Crippen LogP contribution >= 0.6 is 0 Å². The van der Waals surface area contributed by atoms with Gasteiger partial charge in [-0.05, 0) is 11.5 Å². The molecule has 0 spiro atoms. The van der Waals surface area contributed by atoms with Crippen LogP contribution in [0.1, 0.15) is 19.4 Å². The number of benzene rings is 1. The second-order valence-electron chi connectivity index (χ2n) is 4.35. The van der Waals surface area contributed by atoms with Crippen molar-refractivity contribution in [3.63, 3.8) is 0 Å². The number of aliphatic carboxylic acids is 1. The Morgan fingerprint density at radius 2 is 1.83 bits per heavy atom. The summed E-state index contributed by atoms with van der Waals surface area (Å²) in [4.78, 5) is 22.3. The number of hydrogen-bond acceptors (Lipinski definition) is 3. The van der Waals surface area contributed by atoms with Crippen molar-refractivity contribution in [3.05, 3.63) is 35.9 Å². The van der Waals surface area contributed by atoms with E-state index >= 15 is 0 Å². The molecule has 0 aromatic heterocycles. The first-order chi connectivity index (χ1) is 8.50. The summed E-state index contributed by atoms with van der Waals surface area (Å²) in [7, 11) is 0. The normalized spacial score (nSPS) is 11.9. The van der Waals surface area contributed by atoms with Crippen LogP contribution in [-0.2, 0) is 11.3 Å². The van der Waals surface area contributed by atoms with Crippen LogP contribution in [0.4, 0.5) is 4.79 Å². The highest BCUT2D eigenvalue weighted by Gasteiger charge is 2.16. The Labute approximate surface area is 106 Å². The second-order valence-corrected chi connectivity index (χ2v) is 4.35. The summed E-state index contributed by atoms with van der Waals surface area (Å²) in [5.74, 6) is -1.50. The summed E-state index contributed by atoms with van der Waals surface area (Å²) in [6.07, 6.45) is 0. The van der Waals surface area contributed by atoms with Crippen LogP contribution in [-0.4, -0.2) is 18.0 Å². The van der Waals surface area contributed by atoms with E-state index in [0.29, 0.717) is 6.54 Å². The topological polar surface area (TPSA) is 81.3 Å². The van der Waals surface area contributed by atoms with E-state index in [0.717, 1.165) is 5.56 Å². The van der Waals surface area contributed by atoms with Crippen molar-refractivity contribution in [2.75, 3.05) is 0 Å². The van der Waals surface area contributed by atoms with Crippen LogP contribution in [0, 0.1) is 5.92 Å². The van der Waals surface area contributed by atoms with E-state index in [1.807, 2.05) is 30.3 Å². The predicted octanol–water partition coefficient (Wildman–Crippen LogP) is 0.260. The lowest BCUT2D eigenvalue weighted by Crippen LogP contribution is -2.53. The number of urea groups is 1. The fourth-order valence-corrected chi connectivity index (χ4v) is 1.47. The Morgan fingerprint density at radius 3 is 2.33 bits per heavy atom. The van der Waals surface area contributed by atoms with Crippen LogP contribution in [0.2, 0.25) is 0 Å². The molecular formula is C13H17N2O3-. The van der Waals surface area contributed by atoms with Gasteiger partial charge in [0.15, 0.2) is 0 Å². The van der Waals surface area contributed by atoms with E-state index in [1.165, 1.54) is 0 Å². The van der Waals surface area contributed by atoms with Crippen LogP contribution in [0.3, 0.4) is 0 Å². The van der Waals surface area contributed by atoms with Crippen LogP contribution in [0.15, 0.2) is 30.3 Å². The van der Waals surface area contributed by atoms with Gasteiger partial charge in [0, 0.05) is 6.54 Å². The van der Waals surface area contributed by atoms with Gasteiger partial charge in [0.25, 0.3) is 0 Å². The maximum Gasteiger partial charge on any atom is 0.315 e. The monoisotopic (exact) mass is 249 g/mol. The minimum Gasteiger partial charge on any atom is -0.548 e. The summed E-state index contributed by atoms with van der Waals surface area (Å²) in [5, 5.41) is 15.8. The quantitative estimate of drug-likeness (QED) is 0.785. The lowest BCUT2D eigenvalue weighted by Gasteiger charge is -2.23. The third-order valence-corrected chi connectivity index (χ3v) is 2.50. The van der Waals surface area contributed by atoms with E-state index < -0.39 is 18.0 Å². The van der Waals surface area contributed by atoms with Crippen molar-refractivity contribution < 1.29 is 14.7 Å². The Bertz CT molecular complexity index is 404. The van der Waals surface area contributed by atoms with Gasteiger partial charge in [-0.25, -0.2) is 4.79 Å². The number of carbonyl (C=O) groups is 2. The van der Waals surface area contributed by atoms with Crippen LogP contribution in [0.5, 0.6) is 0 Å². The molecule has 5 nitrogen and oxygen atoms in total. The standard InChI is InChI=1S/C13H18N2O3/c1-9(2)11(12(16)17)15-13(18)14-8-10-6-4-3-5-7-10/h3-7,9,11H,8H2,1-2H3,(H,16,17)(H2,14,15,18)/p-1/t11-/m0/s1. The Morgan fingerprint density at radius 1 is 1.22 bits per heavy atom. The van der Waals surface area contributed by atoms with Gasteiger partial charge >= 0.3 is 6.03 Å². The maximum absolute atomic E-state index is 11.5. The highest BCUT2D eigenvalue weighted by atomic mass is 16.4. The number of nitrogens with one attached hydrogen (secondary N) is 2. The second kappa shape index (κ2) is 6.64. The molecular weight excluding hydrogens is 232 g/mol. The largest absolute Gasteiger partial charge is 0.548 e. The lowest BCUT2D eigenvalue weighted by atomic mass is 10.1. The zero-order valence-electron chi connectivity index (χ0n) is 10.5. The third-order valence-electron chi connectivity index (χ3n) is 2.50. The molecule has 18 heavy (non-hydrogen) atoms. The number of rotatable bonds is 5. The molecule has 0 aliphatic carbocycles. The summed E-state index contributed by atoms with van der Waals surface area (Å²) >= 11 is 0. The molecule has 1 aromatic rings. The fraction of sp³-hybridized carbons (Fsp3) is 0.385. The molecule has 1 aromatic carbocycles. The summed E-state index contributed by atoms with van der Waals surface area (Å²) < 4.78 is 0. The molecule has 1 atom stereocenters. The van der Waals surface area contributed by atoms with Gasteiger partial charge in [0.1, 0.15) is 0 Å². The predicted molar refractivity (Wildman–Crippen MR) is 65.4 cm³/mol. The Balaban J connectivity index is 2.44. The first kappa shape index (κ1) is 14.0. The van der Waals surface area contributed by atoms with Gasteiger partial charge in [-0.1, -0.05) is 44.2 Å². The molecule has 1 rings (SSSR count). The molecule has 0 bridgehead atoms. The van der Waals surface area contributed by atoms with Gasteiger partial charge < -0.3 is 20.5 Å². The fourth-order valence-electron chi connectivity index (χ4n) is 1.47. The molecule has 0 aliphatic rings. The Kier molecular flexibility index (Phi) is 5.17. The minimum atomic E-state index is -1.28. The van der Waals surface area contributed by atoms with Crippen LogP contribution in [0.25, 0.3) is 0 Å². The maximum atomic E-state index is 11.5. The van der Waals surface area contributed by atoms with Gasteiger partial charge in [-0.15, -0.1) is 0 Å². The molecule has 2 amide bonds. The van der Waals surface area contributed by atoms with Crippen molar-refractivity contribution in [1.29, 1.82) is 0 Å². The van der Waals surface area contributed by atoms with Gasteiger partial charge in [0.05, 0.1) is 12.0 Å². The number of carbonyl (C=O) groups excluding carboxylic acids is 2. The third kappa shape index (κ3) is 4.45. The van der Waals surface area contributed by atoms with E-state index in [1.54, 1.807) is 13.8 Å². The number of carboxylic acids is 1. The zero-order chi connectivity index (χ0) is 13.5. The Hall–Kier alpha value is -2.04. The minimum absolute atomic E-state index is 0.225. The van der Waals surface area contributed by atoms with E-state index in [2.05, 4.69) is 10.6 Å².